The molecule has 0 bridgehead atoms. The van der Waals surface area contributed by atoms with Gasteiger partial charge < -0.3 is 15.7 Å². The van der Waals surface area contributed by atoms with Gasteiger partial charge in [-0.25, -0.2) is 14.0 Å². The van der Waals surface area contributed by atoms with Crippen LogP contribution in [0.25, 0.3) is 0 Å². The predicted molar refractivity (Wildman–Crippen MR) is 92.1 cm³/mol. The van der Waals surface area contributed by atoms with E-state index in [4.69, 9.17) is 5.11 Å². The summed E-state index contributed by atoms with van der Waals surface area (Å²) in [6, 6.07) is -0.123. The van der Waals surface area contributed by atoms with Gasteiger partial charge in [-0.05, 0) is 38.3 Å². The second kappa shape index (κ2) is 10.6. The van der Waals surface area contributed by atoms with Crippen LogP contribution in [-0.2, 0) is 4.79 Å². The molecule has 1 aliphatic heterocycles. The summed E-state index contributed by atoms with van der Waals surface area (Å²) in [4.78, 5) is 22.3. The van der Waals surface area contributed by atoms with E-state index in [2.05, 4.69) is 29.5 Å². The average Bonchev–Trinajstić information content (AvgIpc) is 2.54. The van der Waals surface area contributed by atoms with Crippen LogP contribution in [-0.4, -0.2) is 41.5 Å². The van der Waals surface area contributed by atoms with Crippen molar-refractivity contribution in [3.05, 3.63) is 11.9 Å². The van der Waals surface area contributed by atoms with Crippen LogP contribution in [0.5, 0.6) is 0 Å². The van der Waals surface area contributed by atoms with E-state index >= 15 is 0 Å². The predicted octanol–water partition coefficient (Wildman–Crippen LogP) is 3.40. The maximum absolute atomic E-state index is 12.8. The van der Waals surface area contributed by atoms with Crippen LogP contribution in [0.1, 0.15) is 51.9 Å². The highest BCUT2D eigenvalue weighted by molar-refractivity contribution is 7.41. The first kappa shape index (κ1) is 19.9. The summed E-state index contributed by atoms with van der Waals surface area (Å²) in [6.07, 6.45) is 6.28. The van der Waals surface area contributed by atoms with Crippen LogP contribution in [0, 0.1) is 0 Å². The molecule has 0 aromatic heterocycles. The van der Waals surface area contributed by atoms with Gasteiger partial charge in [-0.15, -0.1) is 0 Å². The van der Waals surface area contributed by atoms with Gasteiger partial charge in [-0.3, -0.25) is 0 Å². The van der Waals surface area contributed by atoms with E-state index in [1.54, 1.807) is 0 Å². The average molecular weight is 346 g/mol. The highest BCUT2D eigenvalue weighted by Gasteiger charge is 2.29. The van der Waals surface area contributed by atoms with Crippen molar-refractivity contribution in [1.29, 1.82) is 0 Å². The number of urea groups is 1. The first-order chi connectivity index (χ1) is 11.0. The number of amides is 2. The molecule has 0 aliphatic carbocycles. The lowest BCUT2D eigenvalue weighted by molar-refractivity contribution is -0.143. The van der Waals surface area contributed by atoms with Crippen molar-refractivity contribution < 1.29 is 19.1 Å². The number of hydrogen-bond donors (Lipinski definition) is 3. The summed E-state index contributed by atoms with van der Waals surface area (Å²) in [5, 5.41) is 14.4. The Balaban J connectivity index is 2.08. The summed E-state index contributed by atoms with van der Waals surface area (Å²) in [5.74, 6) is 0.797. The number of carbonyl (C=O) groups is 2. The quantitative estimate of drug-likeness (QED) is 0.419. The van der Waals surface area contributed by atoms with Crippen molar-refractivity contribution in [1.82, 2.24) is 10.6 Å². The number of aliphatic carboxylic acids is 1. The van der Waals surface area contributed by atoms with Crippen molar-refractivity contribution >= 4 is 20.6 Å². The molecule has 3 N–H and O–H groups in total. The van der Waals surface area contributed by atoms with Gasteiger partial charge in [0.2, 0.25) is 0 Å². The zero-order valence-electron chi connectivity index (χ0n) is 13.7. The van der Waals surface area contributed by atoms with Gasteiger partial charge in [0, 0.05) is 12.1 Å². The Bertz CT molecular complexity index is 420. The number of halogens is 1. The van der Waals surface area contributed by atoms with Crippen molar-refractivity contribution in [3.63, 3.8) is 0 Å². The van der Waals surface area contributed by atoms with E-state index in [1.165, 1.54) is 0 Å². The summed E-state index contributed by atoms with van der Waals surface area (Å²) >= 11 is 0. The molecular weight excluding hydrogens is 318 g/mol. The Labute approximate surface area is 139 Å². The number of hydrogen-bond acceptors (Lipinski definition) is 2. The number of rotatable bonds is 10. The van der Waals surface area contributed by atoms with E-state index in [0.29, 0.717) is 13.0 Å². The monoisotopic (exact) mass is 346 g/mol. The van der Waals surface area contributed by atoms with Crippen LogP contribution in [0.2, 0.25) is 0 Å². The maximum Gasteiger partial charge on any atom is 0.338 e. The molecular formula is C16H28FN2O3P. The van der Waals surface area contributed by atoms with Crippen molar-refractivity contribution in [3.8, 4) is 0 Å². The van der Waals surface area contributed by atoms with Gasteiger partial charge in [0.25, 0.3) is 0 Å². The van der Waals surface area contributed by atoms with Crippen LogP contribution < -0.4 is 10.6 Å². The van der Waals surface area contributed by atoms with Gasteiger partial charge in [0.05, 0.1) is 0 Å². The van der Waals surface area contributed by atoms with Crippen LogP contribution in [0.3, 0.4) is 0 Å². The molecule has 0 saturated heterocycles. The fourth-order valence-corrected chi connectivity index (χ4v) is 3.84. The van der Waals surface area contributed by atoms with Crippen LogP contribution in [0.15, 0.2) is 11.9 Å². The van der Waals surface area contributed by atoms with Crippen LogP contribution in [0.4, 0.5) is 9.18 Å². The molecule has 0 radical (unpaired) electrons. The number of carbonyl (C=O) groups excluding carboxylic acids is 1. The van der Waals surface area contributed by atoms with E-state index in [-0.39, 0.29) is 18.0 Å². The molecule has 0 spiro atoms. The van der Waals surface area contributed by atoms with Crippen LogP contribution >= 0.6 is 8.58 Å². The second-order valence-corrected chi connectivity index (χ2v) is 7.11. The number of alkyl halides is 1. The molecule has 1 aliphatic rings. The van der Waals surface area contributed by atoms with E-state index < -0.39 is 12.1 Å². The SMILES string of the molecule is CCC1(NC(=O)NCCCCCCC(F)C(=O)O)CC=CPC1. The van der Waals surface area contributed by atoms with E-state index in [9.17, 15) is 14.0 Å². The molecule has 132 valence electrons. The molecule has 1 heterocycles. The minimum atomic E-state index is -1.76. The molecule has 23 heavy (non-hydrogen) atoms. The summed E-state index contributed by atoms with van der Waals surface area (Å²) in [6.45, 7) is 2.68. The Hall–Kier alpha value is -1.16. The minimum Gasteiger partial charge on any atom is -0.479 e. The molecule has 0 fully saturated rings. The first-order valence-electron chi connectivity index (χ1n) is 8.30. The van der Waals surface area contributed by atoms with Gasteiger partial charge in [0.1, 0.15) is 0 Å². The number of unbranched alkanes of at least 4 members (excludes halogenated alkanes) is 3. The van der Waals surface area contributed by atoms with E-state index in [0.717, 1.165) is 46.8 Å². The fraction of sp³-hybridized carbons (Fsp3) is 0.750. The Morgan fingerprint density at radius 1 is 1.35 bits per heavy atom. The van der Waals surface area contributed by atoms with Gasteiger partial charge in [-0.1, -0.05) is 40.2 Å². The second-order valence-electron chi connectivity index (χ2n) is 6.01. The highest BCUT2D eigenvalue weighted by Crippen LogP contribution is 2.31. The lowest BCUT2D eigenvalue weighted by atomic mass is 9.94. The molecule has 0 aromatic carbocycles. The summed E-state index contributed by atoms with van der Waals surface area (Å²) in [5.41, 5.74) is -0.107. The normalized spacial score (nSPS) is 22.7. The molecule has 3 atom stereocenters. The maximum atomic E-state index is 12.8. The smallest absolute Gasteiger partial charge is 0.338 e. The summed E-state index contributed by atoms with van der Waals surface area (Å²) in [7, 11) is 0.762. The molecule has 0 aromatic rings. The Morgan fingerprint density at radius 3 is 2.70 bits per heavy atom. The third kappa shape index (κ3) is 7.78. The van der Waals surface area contributed by atoms with Gasteiger partial charge in [0.15, 0.2) is 6.17 Å². The first-order valence-corrected chi connectivity index (χ1v) is 9.59. The zero-order valence-corrected chi connectivity index (χ0v) is 14.7. The third-order valence-electron chi connectivity index (χ3n) is 4.18. The minimum absolute atomic E-state index is 0.0660. The topological polar surface area (TPSA) is 78.4 Å². The van der Waals surface area contributed by atoms with E-state index in [1.807, 2.05) is 0 Å². The largest absolute Gasteiger partial charge is 0.479 e. The lowest BCUT2D eigenvalue weighted by Crippen LogP contribution is -2.53. The summed E-state index contributed by atoms with van der Waals surface area (Å²) < 4.78 is 12.8. The number of carboxylic acids is 1. The Kier molecular flexibility index (Phi) is 9.15. The molecule has 1 rings (SSSR count). The number of nitrogens with one attached hydrogen (secondary N) is 2. The lowest BCUT2D eigenvalue weighted by Gasteiger charge is -2.34. The molecule has 5 nitrogen and oxygen atoms in total. The van der Waals surface area contributed by atoms with Gasteiger partial charge >= 0.3 is 12.0 Å². The standard InChI is InChI=1S/C16H28FN2O3P/c1-2-16(9-7-11-23-12-16)19-15(22)18-10-6-4-3-5-8-13(17)14(20)21/h7,11,13,23H,2-6,8-10,12H2,1H3,(H,20,21)(H2,18,19,22). The zero-order chi connectivity index (χ0) is 17.1. The molecule has 2 amide bonds. The number of carboxylic acid groups (broad SMARTS) is 1. The Morgan fingerprint density at radius 2 is 2.09 bits per heavy atom. The molecule has 3 unspecified atom stereocenters. The molecule has 7 heteroatoms. The van der Waals surface area contributed by atoms with Crippen molar-refractivity contribution in [2.24, 2.45) is 0 Å². The highest BCUT2D eigenvalue weighted by atomic mass is 31.1. The fourth-order valence-electron chi connectivity index (χ4n) is 2.56. The third-order valence-corrected chi connectivity index (χ3v) is 5.53. The van der Waals surface area contributed by atoms with Crippen molar-refractivity contribution in [2.75, 3.05) is 12.7 Å². The molecule has 0 saturated carbocycles. The van der Waals surface area contributed by atoms with Gasteiger partial charge in [-0.2, -0.15) is 0 Å². The van der Waals surface area contributed by atoms with Crippen molar-refractivity contribution in [2.45, 2.75) is 63.6 Å².